The highest BCUT2D eigenvalue weighted by Gasteiger charge is 2.07. The van der Waals surface area contributed by atoms with E-state index >= 15 is 0 Å². The lowest BCUT2D eigenvalue weighted by Crippen LogP contribution is -2.02. The van der Waals surface area contributed by atoms with Gasteiger partial charge in [-0.15, -0.1) is 0 Å². The average molecular weight is 166 g/mol. The van der Waals surface area contributed by atoms with E-state index in [0.717, 1.165) is 18.8 Å². The minimum absolute atomic E-state index is 1.04. The minimum Gasteiger partial charge on any atom is -0.332 e. The van der Waals surface area contributed by atoms with Crippen LogP contribution in [0.25, 0.3) is 0 Å². The van der Waals surface area contributed by atoms with Crippen LogP contribution in [0.4, 0.5) is 0 Å². The molecule has 0 spiro atoms. The normalized spacial score (nSPS) is 10.7. The molecular weight excluding hydrogens is 148 g/mol. The van der Waals surface area contributed by atoms with Crippen LogP contribution in [0.3, 0.4) is 0 Å². The predicted octanol–water partition coefficient (Wildman–Crippen LogP) is 2.47. The van der Waals surface area contributed by atoms with Gasteiger partial charge in [0, 0.05) is 12.2 Å². The lowest BCUT2D eigenvalue weighted by molar-refractivity contribution is 0.675. The van der Waals surface area contributed by atoms with Gasteiger partial charge in [0.25, 0.3) is 0 Å². The highest BCUT2D eigenvalue weighted by molar-refractivity contribution is 5.15. The maximum atomic E-state index is 4.46. The number of aryl methyl sites for hydroxylation is 2. The van der Waals surface area contributed by atoms with Crippen LogP contribution in [0, 0.1) is 13.8 Å². The SMILES string of the molecule is CCCc1c(C)nc(C)n1CC. The van der Waals surface area contributed by atoms with Crippen molar-refractivity contribution in [3.63, 3.8) is 0 Å². The molecule has 0 saturated heterocycles. The van der Waals surface area contributed by atoms with Crippen LogP contribution in [0.2, 0.25) is 0 Å². The zero-order valence-electron chi connectivity index (χ0n) is 8.52. The molecule has 0 N–H and O–H groups in total. The number of rotatable bonds is 3. The molecule has 0 fully saturated rings. The van der Waals surface area contributed by atoms with Crippen molar-refractivity contribution in [2.24, 2.45) is 0 Å². The molecule has 1 rings (SSSR count). The molecule has 0 bridgehead atoms. The van der Waals surface area contributed by atoms with Gasteiger partial charge in [-0.25, -0.2) is 4.98 Å². The Hall–Kier alpha value is -0.790. The van der Waals surface area contributed by atoms with E-state index in [1.165, 1.54) is 17.8 Å². The summed E-state index contributed by atoms with van der Waals surface area (Å²) in [6.45, 7) is 9.61. The van der Waals surface area contributed by atoms with Crippen LogP contribution in [0.15, 0.2) is 0 Å². The number of aromatic nitrogens is 2. The Balaban J connectivity index is 3.04. The van der Waals surface area contributed by atoms with E-state index < -0.39 is 0 Å². The van der Waals surface area contributed by atoms with Crippen molar-refractivity contribution in [1.29, 1.82) is 0 Å². The van der Waals surface area contributed by atoms with Gasteiger partial charge < -0.3 is 4.57 Å². The van der Waals surface area contributed by atoms with Crippen LogP contribution < -0.4 is 0 Å². The van der Waals surface area contributed by atoms with Gasteiger partial charge in [-0.05, 0) is 27.2 Å². The second-order valence-corrected chi connectivity index (χ2v) is 3.19. The number of hydrogen-bond acceptors (Lipinski definition) is 1. The minimum atomic E-state index is 1.04. The molecule has 0 aromatic carbocycles. The van der Waals surface area contributed by atoms with Crippen LogP contribution in [-0.4, -0.2) is 9.55 Å². The lowest BCUT2D eigenvalue weighted by atomic mass is 10.2. The molecule has 0 saturated carbocycles. The van der Waals surface area contributed by atoms with Gasteiger partial charge in [0.2, 0.25) is 0 Å². The van der Waals surface area contributed by atoms with Gasteiger partial charge in [0.1, 0.15) is 5.82 Å². The number of hydrogen-bond donors (Lipinski definition) is 0. The Morgan fingerprint density at radius 1 is 1.25 bits per heavy atom. The van der Waals surface area contributed by atoms with Crippen molar-refractivity contribution in [3.8, 4) is 0 Å². The van der Waals surface area contributed by atoms with Crippen molar-refractivity contribution in [3.05, 3.63) is 17.2 Å². The summed E-state index contributed by atoms with van der Waals surface area (Å²) < 4.78 is 2.30. The van der Waals surface area contributed by atoms with Gasteiger partial charge in [0.15, 0.2) is 0 Å². The Morgan fingerprint density at radius 2 is 1.92 bits per heavy atom. The highest BCUT2D eigenvalue weighted by atomic mass is 15.1. The second-order valence-electron chi connectivity index (χ2n) is 3.19. The molecule has 0 aliphatic heterocycles. The summed E-state index contributed by atoms with van der Waals surface area (Å²) in [7, 11) is 0. The van der Waals surface area contributed by atoms with Crippen LogP contribution in [-0.2, 0) is 13.0 Å². The number of imidazole rings is 1. The first-order valence-corrected chi connectivity index (χ1v) is 4.73. The Kier molecular flexibility index (Phi) is 2.90. The molecule has 12 heavy (non-hydrogen) atoms. The molecule has 1 heterocycles. The largest absolute Gasteiger partial charge is 0.332 e. The van der Waals surface area contributed by atoms with Gasteiger partial charge in [0.05, 0.1) is 5.69 Å². The zero-order valence-corrected chi connectivity index (χ0v) is 8.52. The molecule has 0 aliphatic rings. The van der Waals surface area contributed by atoms with E-state index in [9.17, 15) is 0 Å². The van der Waals surface area contributed by atoms with E-state index in [4.69, 9.17) is 0 Å². The van der Waals surface area contributed by atoms with Gasteiger partial charge >= 0.3 is 0 Å². The molecule has 0 aliphatic carbocycles. The molecule has 68 valence electrons. The number of nitrogens with zero attached hydrogens (tertiary/aromatic N) is 2. The fourth-order valence-corrected chi connectivity index (χ4v) is 1.73. The van der Waals surface area contributed by atoms with Crippen LogP contribution in [0.1, 0.15) is 37.5 Å². The summed E-state index contributed by atoms with van der Waals surface area (Å²) in [5.41, 5.74) is 2.62. The van der Waals surface area contributed by atoms with E-state index in [0.29, 0.717) is 0 Å². The molecule has 0 atom stereocenters. The summed E-state index contributed by atoms with van der Waals surface area (Å²) in [5, 5.41) is 0. The fourth-order valence-electron chi connectivity index (χ4n) is 1.73. The maximum Gasteiger partial charge on any atom is 0.106 e. The van der Waals surface area contributed by atoms with Gasteiger partial charge in [-0.2, -0.15) is 0 Å². The van der Waals surface area contributed by atoms with Crippen molar-refractivity contribution >= 4 is 0 Å². The van der Waals surface area contributed by atoms with Crippen LogP contribution in [0.5, 0.6) is 0 Å². The molecule has 1 aromatic heterocycles. The zero-order chi connectivity index (χ0) is 9.14. The van der Waals surface area contributed by atoms with Crippen molar-refractivity contribution < 1.29 is 0 Å². The smallest absolute Gasteiger partial charge is 0.106 e. The lowest BCUT2D eigenvalue weighted by Gasteiger charge is -2.06. The molecule has 1 aromatic rings. The first-order valence-electron chi connectivity index (χ1n) is 4.73. The molecule has 2 heteroatoms. The Bertz CT molecular complexity index is 261. The molecule has 0 radical (unpaired) electrons. The average Bonchev–Trinajstić information content (AvgIpc) is 2.28. The van der Waals surface area contributed by atoms with E-state index in [1.54, 1.807) is 0 Å². The Morgan fingerprint density at radius 3 is 2.42 bits per heavy atom. The first-order chi connectivity index (χ1) is 5.70. The van der Waals surface area contributed by atoms with Crippen molar-refractivity contribution in [2.75, 3.05) is 0 Å². The molecular formula is C10H18N2. The van der Waals surface area contributed by atoms with E-state index in [1.807, 2.05) is 0 Å². The topological polar surface area (TPSA) is 17.8 Å². The fraction of sp³-hybridized carbons (Fsp3) is 0.700. The summed E-state index contributed by atoms with van der Waals surface area (Å²) in [5.74, 6) is 1.15. The quantitative estimate of drug-likeness (QED) is 0.674. The molecule has 2 nitrogen and oxygen atoms in total. The summed E-state index contributed by atoms with van der Waals surface area (Å²) in [4.78, 5) is 4.46. The summed E-state index contributed by atoms with van der Waals surface area (Å²) in [6, 6.07) is 0. The molecule has 0 amide bonds. The van der Waals surface area contributed by atoms with Crippen molar-refractivity contribution in [2.45, 2.75) is 47.1 Å². The molecule has 0 unspecified atom stereocenters. The third-order valence-electron chi connectivity index (χ3n) is 2.27. The summed E-state index contributed by atoms with van der Waals surface area (Å²) in [6.07, 6.45) is 2.35. The van der Waals surface area contributed by atoms with Crippen LogP contribution >= 0.6 is 0 Å². The van der Waals surface area contributed by atoms with Gasteiger partial charge in [-0.1, -0.05) is 13.3 Å². The second kappa shape index (κ2) is 3.74. The van der Waals surface area contributed by atoms with E-state index in [-0.39, 0.29) is 0 Å². The third-order valence-corrected chi connectivity index (χ3v) is 2.27. The van der Waals surface area contributed by atoms with E-state index in [2.05, 4.69) is 37.2 Å². The third kappa shape index (κ3) is 1.52. The van der Waals surface area contributed by atoms with Gasteiger partial charge in [-0.3, -0.25) is 0 Å². The predicted molar refractivity (Wildman–Crippen MR) is 51.4 cm³/mol. The highest BCUT2D eigenvalue weighted by Crippen LogP contribution is 2.12. The first kappa shape index (κ1) is 9.30. The monoisotopic (exact) mass is 166 g/mol. The standard InChI is InChI=1S/C10H18N2/c1-5-7-10-8(3)11-9(4)12(10)6-2/h5-7H2,1-4H3. The maximum absolute atomic E-state index is 4.46. The van der Waals surface area contributed by atoms with Crippen molar-refractivity contribution in [1.82, 2.24) is 9.55 Å². The summed E-state index contributed by atoms with van der Waals surface area (Å²) >= 11 is 0. The Labute approximate surface area is 74.6 Å².